The zero-order chi connectivity index (χ0) is 19.2. The maximum Gasteiger partial charge on any atom is 0.673 e. The fraction of sp³-hybridized carbons (Fsp3) is 0.400. The molecule has 0 saturated heterocycles. The van der Waals surface area contributed by atoms with Gasteiger partial charge in [-0.05, 0) is 62.8 Å². The predicted octanol–water partition coefficient (Wildman–Crippen LogP) is 6.10. The van der Waals surface area contributed by atoms with Gasteiger partial charge < -0.3 is 17.3 Å². The molecule has 0 aromatic heterocycles. The Morgan fingerprint density at radius 3 is 1.50 bits per heavy atom. The molecule has 0 amide bonds. The molecule has 0 aliphatic heterocycles. The summed E-state index contributed by atoms with van der Waals surface area (Å²) in [6.07, 6.45) is 7.15. The van der Waals surface area contributed by atoms with E-state index >= 15 is 0 Å². The molecule has 2 aromatic carbocycles. The van der Waals surface area contributed by atoms with E-state index in [1.807, 2.05) is 0 Å². The first-order valence-electron chi connectivity index (χ1n) is 9.13. The third-order valence-electron chi connectivity index (χ3n) is 4.88. The van der Waals surface area contributed by atoms with Crippen LogP contribution in [0.5, 0.6) is 0 Å². The number of hydrogen-bond acceptors (Lipinski definition) is 0. The van der Waals surface area contributed by atoms with Gasteiger partial charge in [0, 0.05) is 0 Å². The Labute approximate surface area is 154 Å². The van der Waals surface area contributed by atoms with Crippen molar-refractivity contribution in [1.29, 1.82) is 0 Å². The van der Waals surface area contributed by atoms with Gasteiger partial charge in [0.05, 0.1) is 24.2 Å². The van der Waals surface area contributed by atoms with E-state index in [1.54, 1.807) is 10.6 Å². The molecular weight excluding hydrogens is 358 g/mol. The van der Waals surface area contributed by atoms with Crippen molar-refractivity contribution in [3.8, 4) is 0 Å². The summed E-state index contributed by atoms with van der Waals surface area (Å²) < 4.78 is 39.0. The van der Waals surface area contributed by atoms with E-state index in [4.69, 9.17) is 0 Å². The second-order valence-electron chi connectivity index (χ2n) is 6.87. The summed E-state index contributed by atoms with van der Waals surface area (Å²) >= 11 is 0. The van der Waals surface area contributed by atoms with Crippen molar-refractivity contribution in [2.75, 3.05) is 0 Å². The Bertz CT molecular complexity index is 645. The normalized spacial score (nSPS) is 15.5. The van der Waals surface area contributed by atoms with E-state index in [-0.39, 0.29) is 0 Å². The van der Waals surface area contributed by atoms with Crippen LogP contribution in [-0.4, -0.2) is 12.9 Å². The lowest BCUT2D eigenvalue weighted by Crippen LogP contribution is -2.26. The SMILES string of the molecule is Cc1ccccc1[PH+](c1ccccc1C)C1CCCCC1.F[B-](F)(F)F. The zero-order valence-corrected chi connectivity index (χ0v) is 16.3. The van der Waals surface area contributed by atoms with Gasteiger partial charge in [-0.3, -0.25) is 0 Å². The summed E-state index contributed by atoms with van der Waals surface area (Å²) in [6.45, 7) is 4.59. The minimum absolute atomic E-state index is 0.661. The van der Waals surface area contributed by atoms with Crippen molar-refractivity contribution in [2.45, 2.75) is 51.6 Å². The van der Waals surface area contributed by atoms with E-state index in [2.05, 4.69) is 62.4 Å². The van der Waals surface area contributed by atoms with Crippen molar-refractivity contribution in [1.82, 2.24) is 0 Å². The molecule has 0 N–H and O–H groups in total. The molecule has 0 atom stereocenters. The summed E-state index contributed by atoms with van der Waals surface area (Å²) in [4.78, 5) is 0. The summed E-state index contributed by atoms with van der Waals surface area (Å²) in [7, 11) is -6.66. The van der Waals surface area contributed by atoms with Crippen LogP contribution in [0.1, 0.15) is 43.2 Å². The highest BCUT2D eigenvalue weighted by atomic mass is 31.1. The Morgan fingerprint density at radius 2 is 1.12 bits per heavy atom. The van der Waals surface area contributed by atoms with Crippen LogP contribution in [0, 0.1) is 13.8 Å². The van der Waals surface area contributed by atoms with Crippen molar-refractivity contribution in [2.24, 2.45) is 0 Å². The molecule has 26 heavy (non-hydrogen) atoms. The molecule has 1 aliphatic rings. The molecule has 0 unspecified atom stereocenters. The standard InChI is InChI=1S/C20H25P.BF4/c1-16-10-6-8-14-19(16)21(18-12-4-3-5-13-18)20-15-9-7-11-17(20)2;2-1(3,4)5/h6-11,14-15,18H,3-5,12-13H2,1-2H3;/q;-1/p+1. The van der Waals surface area contributed by atoms with Crippen LogP contribution in [0.3, 0.4) is 0 Å². The molecule has 6 heteroatoms. The summed E-state index contributed by atoms with van der Waals surface area (Å²) in [5.41, 5.74) is 3.88. The van der Waals surface area contributed by atoms with Crippen LogP contribution < -0.4 is 10.6 Å². The molecule has 0 bridgehead atoms. The number of hydrogen-bond donors (Lipinski definition) is 0. The Kier molecular flexibility index (Phi) is 7.70. The first kappa shape index (κ1) is 21.0. The van der Waals surface area contributed by atoms with E-state index < -0.39 is 15.2 Å². The molecule has 0 radical (unpaired) electrons. The lowest BCUT2D eigenvalue weighted by molar-refractivity contribution is 0.368. The van der Waals surface area contributed by atoms with Crippen LogP contribution in [0.15, 0.2) is 48.5 Å². The molecule has 0 heterocycles. The highest BCUT2D eigenvalue weighted by molar-refractivity contribution is 7.73. The molecule has 142 valence electrons. The van der Waals surface area contributed by atoms with Gasteiger partial charge in [0.1, 0.15) is 0 Å². The largest absolute Gasteiger partial charge is 0.673 e. The molecule has 1 saturated carbocycles. The van der Waals surface area contributed by atoms with Crippen LogP contribution in [0.2, 0.25) is 0 Å². The van der Waals surface area contributed by atoms with E-state index in [0.717, 1.165) is 5.66 Å². The van der Waals surface area contributed by atoms with Gasteiger partial charge in [-0.25, -0.2) is 0 Å². The maximum absolute atomic E-state index is 9.75. The maximum atomic E-state index is 9.75. The van der Waals surface area contributed by atoms with Gasteiger partial charge in [0.25, 0.3) is 0 Å². The highest BCUT2D eigenvalue weighted by Gasteiger charge is 2.35. The first-order chi connectivity index (χ1) is 12.3. The monoisotopic (exact) mass is 384 g/mol. The first-order valence-corrected chi connectivity index (χ1v) is 10.7. The quantitative estimate of drug-likeness (QED) is 0.341. The molecule has 0 spiro atoms. The van der Waals surface area contributed by atoms with Crippen LogP contribution in [-0.2, 0) is 0 Å². The minimum atomic E-state index is -6.00. The number of aryl methyl sites for hydroxylation is 2. The van der Waals surface area contributed by atoms with Gasteiger partial charge in [-0.1, -0.05) is 42.8 Å². The molecule has 1 aliphatic carbocycles. The number of halogens is 4. The number of benzene rings is 2. The van der Waals surface area contributed by atoms with Gasteiger partial charge in [0.15, 0.2) is 0 Å². The van der Waals surface area contributed by atoms with Gasteiger partial charge >= 0.3 is 7.25 Å². The fourth-order valence-electron chi connectivity index (χ4n) is 3.73. The second kappa shape index (κ2) is 9.55. The van der Waals surface area contributed by atoms with Crippen LogP contribution in [0.4, 0.5) is 17.3 Å². The minimum Gasteiger partial charge on any atom is -0.418 e. The van der Waals surface area contributed by atoms with Crippen molar-refractivity contribution in [3.05, 3.63) is 59.7 Å². The summed E-state index contributed by atoms with van der Waals surface area (Å²) in [5.74, 6) is 0. The third kappa shape index (κ3) is 6.43. The van der Waals surface area contributed by atoms with Crippen molar-refractivity contribution >= 4 is 25.8 Å². The average molecular weight is 384 g/mol. The van der Waals surface area contributed by atoms with Gasteiger partial charge in [0.2, 0.25) is 0 Å². The predicted molar refractivity (Wildman–Crippen MR) is 107 cm³/mol. The average Bonchev–Trinajstić information content (AvgIpc) is 2.58. The summed E-state index contributed by atoms with van der Waals surface area (Å²) in [5, 5.41) is 3.28. The molecule has 2 aromatic rings. The highest BCUT2D eigenvalue weighted by Crippen LogP contribution is 2.47. The van der Waals surface area contributed by atoms with Gasteiger partial charge in [-0.15, -0.1) is 0 Å². The van der Waals surface area contributed by atoms with E-state index in [1.165, 1.54) is 43.2 Å². The summed E-state index contributed by atoms with van der Waals surface area (Å²) in [6, 6.07) is 18.2. The second-order valence-corrected chi connectivity index (χ2v) is 9.59. The smallest absolute Gasteiger partial charge is 0.418 e. The molecule has 3 rings (SSSR count). The molecule has 1 fully saturated rings. The lowest BCUT2D eigenvalue weighted by atomic mass is 10.0. The van der Waals surface area contributed by atoms with Crippen LogP contribution in [0.25, 0.3) is 0 Å². The van der Waals surface area contributed by atoms with Crippen molar-refractivity contribution in [3.63, 3.8) is 0 Å². The lowest BCUT2D eigenvalue weighted by Gasteiger charge is -2.26. The molecule has 0 nitrogen and oxygen atoms in total. The number of rotatable bonds is 3. The fourth-order valence-corrected chi connectivity index (χ4v) is 7.45. The van der Waals surface area contributed by atoms with Crippen molar-refractivity contribution < 1.29 is 17.3 Å². The van der Waals surface area contributed by atoms with E-state index in [9.17, 15) is 17.3 Å². The Morgan fingerprint density at radius 1 is 0.731 bits per heavy atom. The van der Waals surface area contributed by atoms with E-state index in [0.29, 0.717) is 0 Å². The zero-order valence-electron chi connectivity index (χ0n) is 15.3. The third-order valence-corrected chi connectivity index (χ3v) is 8.56. The Hall–Kier alpha value is -1.35. The topological polar surface area (TPSA) is 0 Å². The Balaban J connectivity index is 0.000000431. The van der Waals surface area contributed by atoms with Crippen LogP contribution >= 0.6 is 7.92 Å². The molecular formula is C20H26BF4P. The van der Waals surface area contributed by atoms with Gasteiger partial charge in [-0.2, -0.15) is 0 Å².